The maximum atomic E-state index is 13.3. The fourth-order valence-electron chi connectivity index (χ4n) is 6.45. The van der Waals surface area contributed by atoms with Crippen molar-refractivity contribution in [3.63, 3.8) is 0 Å². The Labute approximate surface area is 346 Å². The first-order valence-corrected chi connectivity index (χ1v) is 21.0. The Balaban J connectivity index is 2.88. The lowest BCUT2D eigenvalue weighted by Gasteiger charge is -2.47. The predicted octanol–water partition coefficient (Wildman–Crippen LogP) is 4.45. The highest BCUT2D eigenvalue weighted by Crippen LogP contribution is 2.45. The van der Waals surface area contributed by atoms with Gasteiger partial charge in [-0.1, -0.05) is 48.5 Å². The number of ether oxygens (including phenoxy) is 10. The molecule has 2 heterocycles. The fourth-order valence-corrected chi connectivity index (χ4v) is 6.45. The smallest absolute Gasteiger partial charge is 0.306 e. The summed E-state index contributed by atoms with van der Waals surface area (Å²) < 4.78 is 59.1. The van der Waals surface area contributed by atoms with Crippen molar-refractivity contribution in [3.05, 3.63) is 0 Å². The highest BCUT2D eigenvalue weighted by atomic mass is 16.8. The van der Waals surface area contributed by atoms with Gasteiger partial charge in [-0.15, -0.1) is 0 Å². The van der Waals surface area contributed by atoms with Crippen molar-refractivity contribution in [3.8, 4) is 0 Å². The third-order valence-corrected chi connectivity index (χ3v) is 9.35. The first kappa shape index (κ1) is 51.3. The van der Waals surface area contributed by atoms with E-state index in [0.717, 1.165) is 0 Å². The molecular formula is C41H66O18. The van der Waals surface area contributed by atoms with Crippen LogP contribution in [-0.2, 0) is 80.9 Å². The molecule has 2 saturated heterocycles. The van der Waals surface area contributed by atoms with Crippen molar-refractivity contribution in [2.75, 3.05) is 19.8 Å². The van der Waals surface area contributed by atoms with Gasteiger partial charge in [0.1, 0.15) is 37.6 Å². The van der Waals surface area contributed by atoms with Crippen LogP contribution in [0.1, 0.15) is 145 Å². The van der Waals surface area contributed by atoms with Crippen LogP contribution in [0.15, 0.2) is 0 Å². The highest BCUT2D eigenvalue weighted by molar-refractivity contribution is 5.72. The molecule has 2 fully saturated rings. The summed E-state index contributed by atoms with van der Waals surface area (Å²) in [7, 11) is 0. The largest absolute Gasteiger partial charge is 0.463 e. The molecular weight excluding hydrogens is 780 g/mol. The molecule has 59 heavy (non-hydrogen) atoms. The van der Waals surface area contributed by atoms with Crippen LogP contribution in [-0.4, -0.2) is 121 Å². The van der Waals surface area contributed by atoms with Gasteiger partial charge in [-0.25, -0.2) is 0 Å². The second-order valence-corrected chi connectivity index (χ2v) is 14.8. The number of hydrogen-bond donors (Lipinski definition) is 1. The van der Waals surface area contributed by atoms with Crippen LogP contribution in [0.3, 0.4) is 0 Å². The second-order valence-electron chi connectivity index (χ2n) is 14.8. The maximum absolute atomic E-state index is 13.3. The van der Waals surface area contributed by atoms with Crippen LogP contribution in [0.2, 0.25) is 0 Å². The summed E-state index contributed by atoms with van der Waals surface area (Å²) in [5.74, 6) is -7.58. The van der Waals surface area contributed by atoms with Gasteiger partial charge in [0.05, 0.1) is 0 Å². The zero-order valence-electron chi connectivity index (χ0n) is 35.9. The minimum atomic E-state index is -2.60. The lowest BCUT2D eigenvalue weighted by molar-refractivity contribution is -0.340. The van der Waals surface area contributed by atoms with E-state index < -0.39 is 116 Å². The second kappa shape index (κ2) is 25.7. The van der Waals surface area contributed by atoms with Crippen molar-refractivity contribution >= 4 is 41.8 Å². The van der Waals surface area contributed by atoms with Crippen molar-refractivity contribution < 1.29 is 86.0 Å². The zero-order chi connectivity index (χ0) is 44.2. The molecule has 18 heteroatoms. The number of rotatable bonds is 26. The minimum Gasteiger partial charge on any atom is -0.463 e. The number of carbonyl (C=O) groups excluding carboxylic acids is 7. The number of hydrogen-bond acceptors (Lipinski definition) is 18. The van der Waals surface area contributed by atoms with E-state index in [1.165, 1.54) is 6.92 Å². The van der Waals surface area contributed by atoms with E-state index in [1.807, 2.05) is 0 Å². The van der Waals surface area contributed by atoms with Gasteiger partial charge in [-0.3, -0.25) is 33.6 Å². The van der Waals surface area contributed by atoms with Crippen molar-refractivity contribution in [1.82, 2.24) is 0 Å². The lowest BCUT2D eigenvalue weighted by Crippen LogP contribution is -2.66. The van der Waals surface area contributed by atoms with Gasteiger partial charge >= 0.3 is 41.8 Å². The van der Waals surface area contributed by atoms with Gasteiger partial charge in [0, 0.05) is 44.9 Å². The summed E-state index contributed by atoms with van der Waals surface area (Å²) in [5, 5.41) is 12.1. The minimum absolute atomic E-state index is 0.00469. The van der Waals surface area contributed by atoms with Gasteiger partial charge in [0.2, 0.25) is 5.79 Å². The normalized spacial score (nSPS) is 27.6. The molecule has 2 rings (SSSR count). The molecule has 9 atom stereocenters. The van der Waals surface area contributed by atoms with E-state index in [1.54, 1.807) is 48.5 Å². The third kappa shape index (κ3) is 15.6. The standard InChI is InChI=1S/C41H66O18/c1-9-16-28(42)50-23-26-35(54-31(45)19-12-4)36(55-32(46)20-13-5)37(56-33(47)21-14-6)38(53-26)59-40(8)27(24-51-29(43)17-10-2)58-41(49,25-52-30(44)18-11-3)39(40)57-34(48)22-15-7/h26-27,35-39,49H,9-25H2,1-8H3/t26-,27-,35+,36+,37-,38+,39+,40+,41-/m1/s1. The van der Waals surface area contributed by atoms with Crippen LogP contribution >= 0.6 is 0 Å². The van der Waals surface area contributed by atoms with Crippen LogP contribution in [0.25, 0.3) is 0 Å². The predicted molar refractivity (Wildman–Crippen MR) is 205 cm³/mol. The Morgan fingerprint density at radius 3 is 1.37 bits per heavy atom. The summed E-state index contributed by atoms with van der Waals surface area (Å²) in [4.78, 5) is 90.8. The summed E-state index contributed by atoms with van der Waals surface area (Å²) >= 11 is 0. The Bertz CT molecular complexity index is 1390. The van der Waals surface area contributed by atoms with Gasteiger partial charge < -0.3 is 52.5 Å². The number of carbonyl (C=O) groups is 7. The molecule has 0 amide bonds. The number of aliphatic hydroxyl groups is 1. The Kier molecular flexibility index (Phi) is 22.3. The molecule has 0 bridgehead atoms. The molecule has 2 aliphatic heterocycles. The fraction of sp³-hybridized carbons (Fsp3) is 0.829. The molecule has 0 aliphatic carbocycles. The Morgan fingerprint density at radius 2 is 0.898 bits per heavy atom. The summed E-state index contributed by atoms with van der Waals surface area (Å²) in [6, 6.07) is 0. The molecule has 0 spiro atoms. The van der Waals surface area contributed by atoms with E-state index in [2.05, 4.69) is 0 Å². The lowest BCUT2D eigenvalue weighted by atomic mass is 9.90. The molecule has 0 unspecified atom stereocenters. The molecule has 338 valence electrons. The van der Waals surface area contributed by atoms with Gasteiger partial charge in [0.25, 0.3) is 0 Å². The summed E-state index contributed by atoms with van der Waals surface area (Å²) in [5.41, 5.74) is -2.10. The summed E-state index contributed by atoms with van der Waals surface area (Å²) in [6.07, 6.45) is -8.92. The third-order valence-electron chi connectivity index (χ3n) is 9.35. The van der Waals surface area contributed by atoms with Crippen LogP contribution in [0.4, 0.5) is 0 Å². The summed E-state index contributed by atoms with van der Waals surface area (Å²) in [6.45, 7) is 11.6. The van der Waals surface area contributed by atoms with Crippen molar-refractivity contribution in [2.45, 2.75) is 200 Å². The molecule has 0 aromatic rings. The van der Waals surface area contributed by atoms with E-state index in [-0.39, 0.29) is 44.9 Å². The highest BCUT2D eigenvalue weighted by Gasteiger charge is 2.68. The Morgan fingerprint density at radius 1 is 0.508 bits per heavy atom. The molecule has 2 aliphatic rings. The molecule has 18 nitrogen and oxygen atoms in total. The van der Waals surface area contributed by atoms with Crippen LogP contribution in [0.5, 0.6) is 0 Å². The van der Waals surface area contributed by atoms with E-state index in [0.29, 0.717) is 44.9 Å². The monoisotopic (exact) mass is 846 g/mol. The van der Waals surface area contributed by atoms with E-state index in [9.17, 15) is 38.7 Å². The topological polar surface area (TPSA) is 232 Å². The molecule has 0 radical (unpaired) electrons. The van der Waals surface area contributed by atoms with Crippen molar-refractivity contribution in [1.29, 1.82) is 0 Å². The van der Waals surface area contributed by atoms with Gasteiger partial charge in [-0.2, -0.15) is 0 Å². The number of esters is 7. The molecule has 0 saturated carbocycles. The van der Waals surface area contributed by atoms with Crippen molar-refractivity contribution in [2.24, 2.45) is 0 Å². The SMILES string of the molecule is CCCC(=O)OC[C@H]1O[C@@H](O[C@@]2(C)[C@@H](COC(=O)CCC)O[C@](O)(COC(=O)CCC)[C@H]2OC(=O)CCC)[C@H](OC(=O)CCC)[C@@H](OC(=O)CCC)[C@H]1OC(=O)CCC. The zero-order valence-corrected chi connectivity index (χ0v) is 35.9. The van der Waals surface area contributed by atoms with E-state index >= 15 is 0 Å². The van der Waals surface area contributed by atoms with E-state index in [4.69, 9.17) is 47.4 Å². The average molecular weight is 847 g/mol. The quantitative estimate of drug-likeness (QED) is 0.0936. The average Bonchev–Trinajstić information content (AvgIpc) is 3.36. The first-order chi connectivity index (χ1) is 28.0. The van der Waals surface area contributed by atoms with Gasteiger partial charge in [-0.05, 0) is 51.9 Å². The van der Waals surface area contributed by atoms with Gasteiger partial charge in [0.15, 0.2) is 30.7 Å². The first-order valence-electron chi connectivity index (χ1n) is 21.0. The van der Waals surface area contributed by atoms with Crippen LogP contribution in [0, 0.1) is 0 Å². The maximum Gasteiger partial charge on any atom is 0.306 e. The molecule has 1 N–H and O–H groups in total. The molecule has 0 aromatic carbocycles. The Hall–Kier alpha value is -3.87. The van der Waals surface area contributed by atoms with Crippen LogP contribution < -0.4 is 0 Å². The molecule has 0 aromatic heterocycles.